The summed E-state index contributed by atoms with van der Waals surface area (Å²) in [6, 6.07) is 16.9. The molecule has 9 heteroatoms. The molecule has 33 heavy (non-hydrogen) atoms. The molecule has 0 fully saturated rings. The summed E-state index contributed by atoms with van der Waals surface area (Å²) < 4.78 is 18.3. The topological polar surface area (TPSA) is 99.9 Å². The van der Waals surface area contributed by atoms with E-state index in [-0.39, 0.29) is 19.1 Å². The van der Waals surface area contributed by atoms with E-state index in [4.69, 9.17) is 14.2 Å². The van der Waals surface area contributed by atoms with Gasteiger partial charge in [-0.15, -0.1) is 15.3 Å². The van der Waals surface area contributed by atoms with E-state index in [0.29, 0.717) is 35.4 Å². The van der Waals surface area contributed by atoms with E-state index >= 15 is 0 Å². The molecule has 0 aliphatic carbocycles. The van der Waals surface area contributed by atoms with Crippen LogP contribution in [0.2, 0.25) is 0 Å². The molecule has 0 unspecified atom stereocenters. The quantitative estimate of drug-likeness (QED) is 0.394. The van der Waals surface area contributed by atoms with Gasteiger partial charge in [0.2, 0.25) is 5.88 Å². The number of ether oxygens (including phenoxy) is 3. The summed E-state index contributed by atoms with van der Waals surface area (Å²) in [5, 5.41) is 15.6. The Hall–Kier alpha value is -4.14. The summed E-state index contributed by atoms with van der Waals surface area (Å²) in [6.07, 6.45) is 0. The van der Waals surface area contributed by atoms with Crippen molar-refractivity contribution in [2.45, 2.75) is 13.8 Å². The number of nitrogens with one attached hydrogen (secondary N) is 1. The van der Waals surface area contributed by atoms with E-state index < -0.39 is 0 Å². The predicted molar refractivity (Wildman–Crippen MR) is 123 cm³/mol. The molecule has 0 aliphatic rings. The Balaban J connectivity index is 1.32. The first-order valence-corrected chi connectivity index (χ1v) is 10.5. The van der Waals surface area contributed by atoms with Crippen LogP contribution in [0.4, 0.5) is 0 Å². The molecule has 4 aromatic rings. The van der Waals surface area contributed by atoms with E-state index in [2.05, 4.69) is 20.6 Å². The standard InChI is InChI=1S/C24H25N5O4/c1-16-8-9-17(2)20(14-16)33-15-22(30)25-12-13-32-23-11-10-21-26-27-24(29(21)28-23)18-6-4-5-7-19(18)31-3/h4-11,14H,12-13,15H2,1-3H3,(H,25,30). The fourth-order valence-electron chi connectivity index (χ4n) is 3.25. The SMILES string of the molecule is COc1ccccc1-c1nnc2ccc(OCCNC(=O)COc3cc(C)ccc3C)nn12. The van der Waals surface area contributed by atoms with Crippen molar-refractivity contribution in [3.05, 3.63) is 65.7 Å². The first-order valence-electron chi connectivity index (χ1n) is 10.5. The summed E-state index contributed by atoms with van der Waals surface area (Å²) >= 11 is 0. The molecule has 1 amide bonds. The Morgan fingerprint density at radius 1 is 1.00 bits per heavy atom. The molecule has 0 aliphatic heterocycles. The number of aromatic nitrogens is 4. The molecule has 1 N–H and O–H groups in total. The van der Waals surface area contributed by atoms with Gasteiger partial charge < -0.3 is 19.5 Å². The number of amides is 1. The van der Waals surface area contributed by atoms with Gasteiger partial charge in [0.05, 0.1) is 19.2 Å². The van der Waals surface area contributed by atoms with Crippen LogP contribution in [0.15, 0.2) is 54.6 Å². The van der Waals surface area contributed by atoms with Crippen molar-refractivity contribution < 1.29 is 19.0 Å². The first-order chi connectivity index (χ1) is 16.0. The number of para-hydroxylation sites is 1. The second kappa shape index (κ2) is 9.99. The minimum atomic E-state index is -0.222. The highest BCUT2D eigenvalue weighted by Crippen LogP contribution is 2.28. The molecule has 170 valence electrons. The molecular formula is C24H25N5O4. The van der Waals surface area contributed by atoms with Gasteiger partial charge in [-0.3, -0.25) is 4.79 Å². The number of fused-ring (bicyclic) bond motifs is 1. The fourth-order valence-corrected chi connectivity index (χ4v) is 3.25. The highest BCUT2D eigenvalue weighted by Gasteiger charge is 2.14. The third-order valence-electron chi connectivity index (χ3n) is 4.96. The van der Waals surface area contributed by atoms with Crippen molar-refractivity contribution >= 4 is 11.6 Å². The maximum absolute atomic E-state index is 12.1. The summed E-state index contributed by atoms with van der Waals surface area (Å²) in [5.74, 6) is 2.09. The van der Waals surface area contributed by atoms with E-state index in [9.17, 15) is 4.79 Å². The highest BCUT2D eigenvalue weighted by atomic mass is 16.5. The van der Waals surface area contributed by atoms with Crippen LogP contribution in [0.25, 0.3) is 17.0 Å². The smallest absolute Gasteiger partial charge is 0.258 e. The van der Waals surface area contributed by atoms with Gasteiger partial charge in [0.25, 0.3) is 5.91 Å². The van der Waals surface area contributed by atoms with Gasteiger partial charge in [-0.1, -0.05) is 24.3 Å². The zero-order valence-electron chi connectivity index (χ0n) is 18.7. The van der Waals surface area contributed by atoms with Gasteiger partial charge in [0.15, 0.2) is 18.1 Å². The third kappa shape index (κ3) is 5.20. The van der Waals surface area contributed by atoms with Gasteiger partial charge in [0, 0.05) is 6.07 Å². The molecule has 0 bridgehead atoms. The van der Waals surface area contributed by atoms with Crippen LogP contribution in [0.3, 0.4) is 0 Å². The van der Waals surface area contributed by atoms with Crippen molar-refractivity contribution in [2.24, 2.45) is 0 Å². The normalized spacial score (nSPS) is 10.8. The van der Waals surface area contributed by atoms with Crippen LogP contribution in [0, 0.1) is 13.8 Å². The highest BCUT2D eigenvalue weighted by molar-refractivity contribution is 5.77. The fraction of sp³-hybridized carbons (Fsp3) is 0.250. The number of methoxy groups -OCH3 is 1. The van der Waals surface area contributed by atoms with Crippen molar-refractivity contribution in [3.63, 3.8) is 0 Å². The predicted octanol–water partition coefficient (Wildman–Crippen LogP) is 2.99. The molecule has 9 nitrogen and oxygen atoms in total. The number of benzene rings is 2. The number of hydrogen-bond acceptors (Lipinski definition) is 7. The molecule has 0 spiro atoms. The number of nitrogens with zero attached hydrogens (tertiary/aromatic N) is 4. The maximum Gasteiger partial charge on any atom is 0.258 e. The number of carbonyl (C=O) groups excluding carboxylic acids is 1. The maximum atomic E-state index is 12.1. The van der Waals surface area contributed by atoms with Crippen LogP contribution in [-0.2, 0) is 4.79 Å². The summed E-state index contributed by atoms with van der Waals surface area (Å²) in [4.78, 5) is 12.1. The van der Waals surface area contributed by atoms with Crippen LogP contribution < -0.4 is 19.5 Å². The van der Waals surface area contributed by atoms with Crippen molar-refractivity contribution in [1.82, 2.24) is 25.1 Å². The Morgan fingerprint density at radius 3 is 2.70 bits per heavy atom. The zero-order chi connectivity index (χ0) is 23.2. The molecule has 2 aromatic heterocycles. The van der Waals surface area contributed by atoms with Gasteiger partial charge in [-0.25, -0.2) is 0 Å². The third-order valence-corrected chi connectivity index (χ3v) is 4.96. The van der Waals surface area contributed by atoms with Gasteiger partial charge in [-0.05, 0) is 49.2 Å². The average molecular weight is 447 g/mol. The summed E-state index contributed by atoms with van der Waals surface area (Å²) in [7, 11) is 1.60. The molecule has 0 saturated carbocycles. The van der Waals surface area contributed by atoms with E-state index in [1.54, 1.807) is 23.8 Å². The zero-order valence-corrected chi connectivity index (χ0v) is 18.7. The Morgan fingerprint density at radius 2 is 1.85 bits per heavy atom. The van der Waals surface area contributed by atoms with E-state index in [0.717, 1.165) is 16.7 Å². The monoisotopic (exact) mass is 447 g/mol. The Labute approximate surface area is 191 Å². The van der Waals surface area contributed by atoms with Gasteiger partial charge in [-0.2, -0.15) is 4.52 Å². The molecule has 0 atom stereocenters. The van der Waals surface area contributed by atoms with Crippen LogP contribution >= 0.6 is 0 Å². The van der Waals surface area contributed by atoms with Gasteiger partial charge >= 0.3 is 0 Å². The minimum absolute atomic E-state index is 0.0581. The van der Waals surface area contributed by atoms with Crippen molar-refractivity contribution in [1.29, 1.82) is 0 Å². The van der Waals surface area contributed by atoms with Crippen molar-refractivity contribution in [2.75, 3.05) is 26.9 Å². The molecule has 0 radical (unpaired) electrons. The van der Waals surface area contributed by atoms with Crippen LogP contribution in [-0.4, -0.2) is 52.6 Å². The number of aryl methyl sites for hydroxylation is 2. The summed E-state index contributed by atoms with van der Waals surface area (Å²) in [5.41, 5.74) is 3.42. The lowest BCUT2D eigenvalue weighted by Crippen LogP contribution is -2.32. The van der Waals surface area contributed by atoms with Crippen molar-refractivity contribution in [3.8, 4) is 28.8 Å². The lowest BCUT2D eigenvalue weighted by atomic mass is 10.1. The number of rotatable bonds is 9. The molecule has 4 rings (SSSR count). The molecule has 2 heterocycles. The lowest BCUT2D eigenvalue weighted by molar-refractivity contribution is -0.123. The number of hydrogen-bond donors (Lipinski definition) is 1. The number of carbonyl (C=O) groups is 1. The second-order valence-corrected chi connectivity index (χ2v) is 7.42. The van der Waals surface area contributed by atoms with E-state index in [1.165, 1.54) is 0 Å². The Kier molecular flexibility index (Phi) is 6.68. The first kappa shape index (κ1) is 22.1. The average Bonchev–Trinajstić information content (AvgIpc) is 3.25. The lowest BCUT2D eigenvalue weighted by Gasteiger charge is -2.11. The molecular weight excluding hydrogens is 422 g/mol. The summed E-state index contributed by atoms with van der Waals surface area (Å²) in [6.45, 7) is 4.43. The molecule has 2 aromatic carbocycles. The minimum Gasteiger partial charge on any atom is -0.496 e. The van der Waals surface area contributed by atoms with Crippen LogP contribution in [0.5, 0.6) is 17.4 Å². The van der Waals surface area contributed by atoms with E-state index in [1.807, 2.05) is 56.3 Å². The van der Waals surface area contributed by atoms with Crippen LogP contribution in [0.1, 0.15) is 11.1 Å². The van der Waals surface area contributed by atoms with Gasteiger partial charge in [0.1, 0.15) is 18.1 Å². The largest absolute Gasteiger partial charge is 0.496 e. The Bertz CT molecular complexity index is 1270. The second-order valence-electron chi connectivity index (χ2n) is 7.42. The molecule has 0 saturated heterocycles.